The Morgan fingerprint density at radius 3 is 2.44 bits per heavy atom. The van der Waals surface area contributed by atoms with E-state index < -0.39 is 0 Å². The lowest BCUT2D eigenvalue weighted by Gasteiger charge is -2.23. The molecule has 0 aliphatic heterocycles. The van der Waals surface area contributed by atoms with E-state index in [0.717, 1.165) is 22.4 Å². The predicted octanol–water partition coefficient (Wildman–Crippen LogP) is 4.44. The van der Waals surface area contributed by atoms with E-state index in [1.165, 1.54) is 5.56 Å². The lowest BCUT2D eigenvalue weighted by Crippen LogP contribution is -2.37. The van der Waals surface area contributed by atoms with E-state index in [2.05, 4.69) is 44.4 Å². The molecule has 0 radical (unpaired) electrons. The van der Waals surface area contributed by atoms with Crippen LogP contribution in [0.5, 0.6) is 5.75 Å². The van der Waals surface area contributed by atoms with Gasteiger partial charge >= 0.3 is 6.03 Å². The maximum atomic E-state index is 12.0. The van der Waals surface area contributed by atoms with Crippen LogP contribution < -0.4 is 15.4 Å². The van der Waals surface area contributed by atoms with Crippen LogP contribution in [0.4, 0.5) is 4.79 Å². The van der Waals surface area contributed by atoms with E-state index in [4.69, 9.17) is 4.74 Å². The Bertz CT molecular complexity index is 733. The summed E-state index contributed by atoms with van der Waals surface area (Å²) in [4.78, 5) is 12.0. The number of carbonyl (C=O) groups excluding carboxylic acids is 1. The topological polar surface area (TPSA) is 50.4 Å². The molecule has 0 fully saturated rings. The Labute approximate surface area is 150 Å². The molecule has 0 atom stereocenters. The van der Waals surface area contributed by atoms with E-state index in [0.29, 0.717) is 6.54 Å². The molecular weight excluding hydrogens is 312 g/mol. The zero-order valence-electron chi connectivity index (χ0n) is 15.8. The molecule has 4 nitrogen and oxygen atoms in total. The van der Waals surface area contributed by atoms with Crippen LogP contribution in [0.1, 0.15) is 43.0 Å². The Balaban J connectivity index is 1.86. The van der Waals surface area contributed by atoms with Gasteiger partial charge in [-0.25, -0.2) is 4.79 Å². The maximum Gasteiger partial charge on any atom is 0.317 e. The molecule has 0 bridgehead atoms. The first-order valence-corrected chi connectivity index (χ1v) is 8.57. The van der Waals surface area contributed by atoms with Crippen molar-refractivity contribution in [3.8, 4) is 5.75 Å². The summed E-state index contributed by atoms with van der Waals surface area (Å²) in [5.41, 5.74) is 4.57. The highest BCUT2D eigenvalue weighted by Crippen LogP contribution is 2.31. The van der Waals surface area contributed by atoms with Gasteiger partial charge in [0.2, 0.25) is 0 Å². The number of hydrogen-bond donors (Lipinski definition) is 2. The highest BCUT2D eigenvalue weighted by Gasteiger charge is 2.19. The summed E-state index contributed by atoms with van der Waals surface area (Å²) in [5, 5.41) is 5.59. The third-order valence-corrected chi connectivity index (χ3v) is 4.10. The van der Waals surface area contributed by atoms with Crippen molar-refractivity contribution in [2.24, 2.45) is 0 Å². The minimum Gasteiger partial charge on any atom is -0.473 e. The van der Waals surface area contributed by atoms with Gasteiger partial charge in [0.05, 0.1) is 0 Å². The van der Waals surface area contributed by atoms with E-state index >= 15 is 0 Å². The van der Waals surface area contributed by atoms with Crippen molar-refractivity contribution in [1.29, 1.82) is 0 Å². The second-order valence-corrected chi connectivity index (χ2v) is 7.32. The summed E-state index contributed by atoms with van der Waals surface area (Å²) in [7, 11) is 0. The van der Waals surface area contributed by atoms with Crippen molar-refractivity contribution in [3.05, 3.63) is 64.7 Å². The lowest BCUT2D eigenvalue weighted by atomic mass is 9.85. The molecule has 0 heterocycles. The van der Waals surface area contributed by atoms with E-state index in [-0.39, 0.29) is 18.2 Å². The average Bonchev–Trinajstić information content (AvgIpc) is 2.54. The number of aryl methyl sites for hydroxylation is 2. The first-order valence-electron chi connectivity index (χ1n) is 8.57. The standard InChI is InChI=1S/C21H28N2O2/c1-15-10-11-19(18(12-15)21(3,4)5)25-14-23-20(24)22-13-17-9-7-6-8-16(17)2/h6-12H,13-14H2,1-5H3,(H2,22,23,24). The van der Waals surface area contributed by atoms with E-state index in [1.807, 2.05) is 43.3 Å². The third-order valence-electron chi connectivity index (χ3n) is 4.10. The van der Waals surface area contributed by atoms with Gasteiger partial charge in [-0.1, -0.05) is 62.7 Å². The fourth-order valence-corrected chi connectivity index (χ4v) is 2.58. The van der Waals surface area contributed by atoms with Crippen molar-refractivity contribution in [1.82, 2.24) is 10.6 Å². The largest absolute Gasteiger partial charge is 0.473 e. The van der Waals surface area contributed by atoms with Gasteiger partial charge in [-0.05, 0) is 42.0 Å². The first kappa shape index (κ1) is 18.8. The summed E-state index contributed by atoms with van der Waals surface area (Å²) in [6.45, 7) is 11.2. The van der Waals surface area contributed by atoms with Crippen LogP contribution in [-0.4, -0.2) is 12.8 Å². The predicted molar refractivity (Wildman–Crippen MR) is 102 cm³/mol. The second-order valence-electron chi connectivity index (χ2n) is 7.32. The molecular formula is C21H28N2O2. The SMILES string of the molecule is Cc1ccc(OCNC(=O)NCc2ccccc2C)c(C(C)(C)C)c1. The van der Waals surface area contributed by atoms with Crippen LogP contribution >= 0.6 is 0 Å². The fourth-order valence-electron chi connectivity index (χ4n) is 2.58. The molecule has 0 unspecified atom stereocenters. The normalized spacial score (nSPS) is 11.1. The maximum absolute atomic E-state index is 12.0. The summed E-state index contributed by atoms with van der Waals surface area (Å²) in [6, 6.07) is 13.9. The molecule has 0 aromatic heterocycles. The molecule has 0 aliphatic carbocycles. The van der Waals surface area contributed by atoms with Crippen molar-refractivity contribution in [3.63, 3.8) is 0 Å². The van der Waals surface area contributed by atoms with Gasteiger partial charge in [-0.3, -0.25) is 0 Å². The zero-order chi connectivity index (χ0) is 18.4. The summed E-state index contributed by atoms with van der Waals surface area (Å²) in [6.07, 6.45) is 0. The average molecular weight is 340 g/mol. The number of hydrogen-bond acceptors (Lipinski definition) is 2. The van der Waals surface area contributed by atoms with Crippen LogP contribution in [0, 0.1) is 13.8 Å². The molecule has 4 heteroatoms. The van der Waals surface area contributed by atoms with Gasteiger partial charge in [-0.15, -0.1) is 0 Å². The number of urea groups is 1. The Hall–Kier alpha value is -2.49. The number of ether oxygens (including phenoxy) is 1. The van der Waals surface area contributed by atoms with Gasteiger partial charge in [0.1, 0.15) is 5.75 Å². The van der Waals surface area contributed by atoms with Crippen molar-refractivity contribution in [2.75, 3.05) is 6.73 Å². The molecule has 0 saturated carbocycles. The molecule has 0 spiro atoms. The second kappa shape index (κ2) is 8.06. The van der Waals surface area contributed by atoms with Crippen LogP contribution in [-0.2, 0) is 12.0 Å². The Morgan fingerprint density at radius 1 is 1.04 bits per heavy atom. The van der Waals surface area contributed by atoms with Gasteiger partial charge in [0, 0.05) is 6.54 Å². The monoisotopic (exact) mass is 340 g/mol. The molecule has 134 valence electrons. The molecule has 0 saturated heterocycles. The van der Waals surface area contributed by atoms with Gasteiger partial charge < -0.3 is 15.4 Å². The molecule has 2 aromatic rings. The van der Waals surface area contributed by atoms with Crippen molar-refractivity contribution >= 4 is 6.03 Å². The van der Waals surface area contributed by atoms with Gasteiger partial charge in [0.25, 0.3) is 0 Å². The van der Waals surface area contributed by atoms with Crippen LogP contribution in [0.15, 0.2) is 42.5 Å². The number of rotatable bonds is 5. The highest BCUT2D eigenvalue weighted by molar-refractivity contribution is 5.73. The number of benzene rings is 2. The number of nitrogens with one attached hydrogen (secondary N) is 2. The minimum absolute atomic E-state index is 0.0194. The Kier molecular flexibility index (Phi) is 6.07. The summed E-state index contributed by atoms with van der Waals surface area (Å²) < 4.78 is 5.79. The summed E-state index contributed by atoms with van der Waals surface area (Å²) in [5.74, 6) is 0.803. The molecule has 25 heavy (non-hydrogen) atoms. The number of amides is 2. The molecule has 0 aliphatic rings. The van der Waals surface area contributed by atoms with Gasteiger partial charge in [-0.2, -0.15) is 0 Å². The quantitative estimate of drug-likeness (QED) is 0.791. The smallest absolute Gasteiger partial charge is 0.317 e. The third kappa shape index (κ3) is 5.52. The van der Waals surface area contributed by atoms with Crippen molar-refractivity contribution in [2.45, 2.75) is 46.6 Å². The van der Waals surface area contributed by atoms with E-state index in [1.54, 1.807) is 0 Å². The highest BCUT2D eigenvalue weighted by atomic mass is 16.5. The summed E-state index contributed by atoms with van der Waals surface area (Å²) >= 11 is 0. The first-order chi connectivity index (χ1) is 11.8. The molecule has 2 N–H and O–H groups in total. The molecule has 2 aromatic carbocycles. The molecule has 2 amide bonds. The lowest BCUT2D eigenvalue weighted by molar-refractivity contribution is 0.222. The van der Waals surface area contributed by atoms with Crippen LogP contribution in [0.3, 0.4) is 0 Å². The van der Waals surface area contributed by atoms with Gasteiger partial charge in [0.15, 0.2) is 6.73 Å². The Morgan fingerprint density at radius 2 is 1.76 bits per heavy atom. The number of carbonyl (C=O) groups is 1. The van der Waals surface area contributed by atoms with Crippen LogP contribution in [0.2, 0.25) is 0 Å². The van der Waals surface area contributed by atoms with Crippen LogP contribution in [0.25, 0.3) is 0 Å². The van der Waals surface area contributed by atoms with Crippen molar-refractivity contribution < 1.29 is 9.53 Å². The van der Waals surface area contributed by atoms with E-state index in [9.17, 15) is 4.79 Å². The minimum atomic E-state index is -0.243. The fraction of sp³-hybridized carbons (Fsp3) is 0.381. The molecule has 2 rings (SSSR count). The zero-order valence-corrected chi connectivity index (χ0v) is 15.8.